The van der Waals surface area contributed by atoms with Gasteiger partial charge in [-0.1, -0.05) is 6.07 Å². The topological polar surface area (TPSA) is 55.8 Å². The van der Waals surface area contributed by atoms with Gasteiger partial charge in [0.05, 0.1) is 14.2 Å². The van der Waals surface area contributed by atoms with Crippen LogP contribution in [-0.4, -0.2) is 25.1 Å². The second-order valence-corrected chi connectivity index (χ2v) is 5.12. The molecule has 0 unspecified atom stereocenters. The highest BCUT2D eigenvalue weighted by Crippen LogP contribution is 2.33. The van der Waals surface area contributed by atoms with Crippen LogP contribution in [-0.2, 0) is 6.42 Å². The van der Waals surface area contributed by atoms with E-state index in [-0.39, 0.29) is 11.5 Å². The van der Waals surface area contributed by atoms with Crippen molar-refractivity contribution in [3.8, 4) is 17.2 Å². The molecule has 1 aliphatic carbocycles. The summed E-state index contributed by atoms with van der Waals surface area (Å²) in [5, 5.41) is 9.52. The monoisotopic (exact) mass is 296 g/mol. The van der Waals surface area contributed by atoms with E-state index in [0.29, 0.717) is 29.1 Å². The van der Waals surface area contributed by atoms with Crippen molar-refractivity contribution in [1.82, 2.24) is 0 Å². The normalized spacial score (nSPS) is 15.0. The number of ether oxygens (including phenoxy) is 2. The van der Waals surface area contributed by atoms with Gasteiger partial charge in [0.2, 0.25) is 0 Å². The number of phenols is 1. The molecule has 2 aromatic carbocycles. The molecule has 1 aliphatic rings. The lowest BCUT2D eigenvalue weighted by molar-refractivity contribution is 0.104. The molecule has 2 aromatic rings. The maximum atomic E-state index is 12.4. The molecule has 3 rings (SSSR count). The van der Waals surface area contributed by atoms with Crippen molar-refractivity contribution in [2.24, 2.45) is 0 Å². The van der Waals surface area contributed by atoms with Crippen molar-refractivity contribution in [1.29, 1.82) is 0 Å². The Morgan fingerprint density at radius 2 is 1.91 bits per heavy atom. The minimum absolute atomic E-state index is 0.0521. The predicted molar refractivity (Wildman–Crippen MR) is 83.7 cm³/mol. The van der Waals surface area contributed by atoms with Crippen LogP contribution < -0.4 is 9.47 Å². The number of aromatic hydroxyl groups is 1. The predicted octanol–water partition coefficient (Wildman–Crippen LogP) is 3.23. The zero-order valence-electron chi connectivity index (χ0n) is 12.4. The largest absolute Gasteiger partial charge is 0.508 e. The Kier molecular flexibility index (Phi) is 3.59. The summed E-state index contributed by atoms with van der Waals surface area (Å²) in [6, 6.07) is 10.4. The first-order valence-electron chi connectivity index (χ1n) is 6.91. The van der Waals surface area contributed by atoms with E-state index < -0.39 is 0 Å². The third-order valence-electron chi connectivity index (χ3n) is 3.78. The molecule has 4 heteroatoms. The molecule has 0 fully saturated rings. The van der Waals surface area contributed by atoms with Crippen LogP contribution in [0.25, 0.3) is 6.08 Å². The van der Waals surface area contributed by atoms with Crippen LogP contribution in [0.4, 0.5) is 0 Å². The van der Waals surface area contributed by atoms with Crippen LogP contribution in [0, 0.1) is 0 Å². The van der Waals surface area contributed by atoms with Crippen molar-refractivity contribution in [3.63, 3.8) is 0 Å². The van der Waals surface area contributed by atoms with Gasteiger partial charge in [0.25, 0.3) is 0 Å². The number of hydrogen-bond acceptors (Lipinski definition) is 4. The van der Waals surface area contributed by atoms with Crippen molar-refractivity contribution >= 4 is 11.9 Å². The smallest absolute Gasteiger partial charge is 0.189 e. The van der Waals surface area contributed by atoms with E-state index in [1.807, 2.05) is 18.2 Å². The first-order chi connectivity index (χ1) is 10.6. The third kappa shape index (κ3) is 2.44. The molecule has 0 radical (unpaired) electrons. The zero-order valence-corrected chi connectivity index (χ0v) is 12.4. The van der Waals surface area contributed by atoms with E-state index in [1.54, 1.807) is 32.4 Å². The number of ketones is 1. The first kappa shape index (κ1) is 14.2. The van der Waals surface area contributed by atoms with E-state index >= 15 is 0 Å². The van der Waals surface area contributed by atoms with Gasteiger partial charge in [0, 0.05) is 29.2 Å². The Hall–Kier alpha value is -2.75. The number of allylic oxidation sites excluding steroid dienone is 1. The minimum atomic E-state index is -0.0521. The minimum Gasteiger partial charge on any atom is -0.508 e. The molecule has 0 saturated heterocycles. The molecule has 0 spiro atoms. The SMILES string of the molecule is COc1ccc(/C=C2\Cc3ccc(O)cc3C2=O)c(OC)c1. The fourth-order valence-corrected chi connectivity index (χ4v) is 2.63. The second-order valence-electron chi connectivity index (χ2n) is 5.12. The molecule has 4 nitrogen and oxygen atoms in total. The third-order valence-corrected chi connectivity index (χ3v) is 3.78. The second kappa shape index (κ2) is 5.56. The molecule has 0 bridgehead atoms. The van der Waals surface area contributed by atoms with E-state index in [2.05, 4.69) is 0 Å². The average molecular weight is 296 g/mol. The van der Waals surface area contributed by atoms with Gasteiger partial charge in [-0.15, -0.1) is 0 Å². The molecule has 1 N–H and O–H groups in total. The molecule has 0 aromatic heterocycles. The average Bonchev–Trinajstić information content (AvgIpc) is 2.84. The number of methoxy groups -OCH3 is 2. The van der Waals surface area contributed by atoms with Crippen LogP contribution in [0.2, 0.25) is 0 Å². The van der Waals surface area contributed by atoms with Crippen molar-refractivity contribution < 1.29 is 19.4 Å². The Morgan fingerprint density at radius 3 is 2.64 bits per heavy atom. The lowest BCUT2D eigenvalue weighted by atomic mass is 10.1. The summed E-state index contributed by atoms with van der Waals surface area (Å²) in [6.07, 6.45) is 2.39. The molecular weight excluding hydrogens is 280 g/mol. The summed E-state index contributed by atoms with van der Waals surface area (Å²) >= 11 is 0. The highest BCUT2D eigenvalue weighted by atomic mass is 16.5. The fourth-order valence-electron chi connectivity index (χ4n) is 2.63. The Bertz CT molecular complexity index is 775. The van der Waals surface area contributed by atoms with Gasteiger partial charge < -0.3 is 14.6 Å². The number of hydrogen-bond donors (Lipinski definition) is 1. The maximum Gasteiger partial charge on any atom is 0.189 e. The van der Waals surface area contributed by atoms with Crippen LogP contribution in [0.15, 0.2) is 42.0 Å². The van der Waals surface area contributed by atoms with Crippen molar-refractivity contribution in [2.45, 2.75) is 6.42 Å². The van der Waals surface area contributed by atoms with Crippen LogP contribution in [0.5, 0.6) is 17.2 Å². The maximum absolute atomic E-state index is 12.4. The lowest BCUT2D eigenvalue weighted by Gasteiger charge is -2.08. The van der Waals surface area contributed by atoms with Crippen LogP contribution in [0.1, 0.15) is 21.5 Å². The van der Waals surface area contributed by atoms with E-state index in [9.17, 15) is 9.90 Å². The van der Waals surface area contributed by atoms with Gasteiger partial charge in [-0.05, 0) is 35.9 Å². The highest BCUT2D eigenvalue weighted by Gasteiger charge is 2.25. The number of carbonyl (C=O) groups excluding carboxylic acids is 1. The number of phenolic OH excluding ortho intramolecular Hbond substituents is 1. The zero-order chi connectivity index (χ0) is 15.7. The molecule has 0 amide bonds. The summed E-state index contributed by atoms with van der Waals surface area (Å²) in [5.74, 6) is 1.41. The summed E-state index contributed by atoms with van der Waals surface area (Å²) in [5.41, 5.74) is 3.01. The number of carbonyl (C=O) groups is 1. The molecule has 0 aliphatic heterocycles. The number of rotatable bonds is 3. The van der Waals surface area contributed by atoms with Gasteiger partial charge in [-0.25, -0.2) is 0 Å². The standard InChI is InChI=1S/C18H16O4/c1-21-15-6-4-12(17(10-15)22-2)8-13-7-11-3-5-14(19)9-16(11)18(13)20/h3-6,8-10,19H,7H2,1-2H3/b13-8+. The lowest BCUT2D eigenvalue weighted by Crippen LogP contribution is -1.96. The molecule has 22 heavy (non-hydrogen) atoms. The van der Waals surface area contributed by atoms with Gasteiger partial charge in [-0.2, -0.15) is 0 Å². The van der Waals surface area contributed by atoms with Crippen molar-refractivity contribution in [3.05, 3.63) is 58.7 Å². The van der Waals surface area contributed by atoms with E-state index in [4.69, 9.17) is 9.47 Å². The van der Waals surface area contributed by atoms with E-state index in [1.165, 1.54) is 6.07 Å². The quantitative estimate of drug-likeness (QED) is 0.884. The highest BCUT2D eigenvalue weighted by molar-refractivity contribution is 6.15. The molecular formula is C18H16O4. The molecule has 112 valence electrons. The Morgan fingerprint density at radius 1 is 1.09 bits per heavy atom. The van der Waals surface area contributed by atoms with Gasteiger partial charge in [0.1, 0.15) is 17.2 Å². The van der Waals surface area contributed by atoms with Gasteiger partial charge >= 0.3 is 0 Å². The summed E-state index contributed by atoms with van der Waals surface area (Å²) in [4.78, 5) is 12.4. The van der Waals surface area contributed by atoms with E-state index in [0.717, 1.165) is 11.1 Å². The number of Topliss-reactive ketones (excluding diaryl/α,β-unsaturated/α-hetero) is 1. The molecule has 0 saturated carbocycles. The summed E-state index contributed by atoms with van der Waals surface area (Å²) in [6.45, 7) is 0. The van der Waals surface area contributed by atoms with Crippen molar-refractivity contribution in [2.75, 3.05) is 14.2 Å². The Balaban J connectivity index is 1.99. The fraction of sp³-hybridized carbons (Fsp3) is 0.167. The number of benzene rings is 2. The number of fused-ring (bicyclic) bond motifs is 1. The van der Waals surface area contributed by atoms with Gasteiger partial charge in [-0.3, -0.25) is 4.79 Å². The molecule has 0 atom stereocenters. The van der Waals surface area contributed by atoms with Crippen LogP contribution >= 0.6 is 0 Å². The first-order valence-corrected chi connectivity index (χ1v) is 6.91. The molecule has 0 heterocycles. The summed E-state index contributed by atoms with van der Waals surface area (Å²) < 4.78 is 10.5. The summed E-state index contributed by atoms with van der Waals surface area (Å²) in [7, 11) is 3.18. The van der Waals surface area contributed by atoms with Crippen LogP contribution in [0.3, 0.4) is 0 Å². The Labute approximate surface area is 128 Å². The van der Waals surface area contributed by atoms with Gasteiger partial charge in [0.15, 0.2) is 5.78 Å².